The van der Waals surface area contributed by atoms with Gasteiger partial charge in [-0.15, -0.1) is 0 Å². The van der Waals surface area contributed by atoms with Crippen LogP contribution >= 0.6 is 0 Å². The predicted octanol–water partition coefficient (Wildman–Crippen LogP) is 2.04. The number of nitriles is 1. The minimum atomic E-state index is -3.80. The third kappa shape index (κ3) is 5.36. The van der Waals surface area contributed by atoms with Crippen molar-refractivity contribution in [2.24, 2.45) is 0 Å². The number of ether oxygens (including phenoxy) is 1. The van der Waals surface area contributed by atoms with Crippen molar-refractivity contribution in [3.63, 3.8) is 0 Å². The van der Waals surface area contributed by atoms with Crippen molar-refractivity contribution in [2.75, 3.05) is 44.7 Å². The molecule has 2 saturated heterocycles. The van der Waals surface area contributed by atoms with Gasteiger partial charge >= 0.3 is 12.1 Å². The first-order valence-electron chi connectivity index (χ1n) is 13.1. The van der Waals surface area contributed by atoms with E-state index in [1.54, 1.807) is 31.2 Å². The Bertz CT molecular complexity index is 1400. The van der Waals surface area contributed by atoms with Crippen molar-refractivity contribution in [2.45, 2.75) is 56.3 Å². The van der Waals surface area contributed by atoms with Crippen LogP contribution in [0.2, 0.25) is 0 Å². The minimum absolute atomic E-state index is 0.0429. The number of likely N-dealkylation sites (tertiary alicyclic amines) is 1. The van der Waals surface area contributed by atoms with Crippen molar-refractivity contribution in [3.05, 3.63) is 41.1 Å². The summed E-state index contributed by atoms with van der Waals surface area (Å²) in [6, 6.07) is 8.86. The van der Waals surface area contributed by atoms with Gasteiger partial charge in [-0.2, -0.15) is 19.5 Å². The van der Waals surface area contributed by atoms with Gasteiger partial charge in [0.25, 0.3) is 0 Å². The normalized spacial score (nSPS) is 22.1. The molecule has 0 saturated carbocycles. The number of likely N-dealkylation sites (N-methyl/N-ethyl adjacent to an activating group) is 1. The van der Waals surface area contributed by atoms with Gasteiger partial charge in [0.2, 0.25) is 10.0 Å². The van der Waals surface area contributed by atoms with E-state index in [9.17, 15) is 23.6 Å². The summed E-state index contributed by atoms with van der Waals surface area (Å²) in [5.41, 5.74) is 1.91. The van der Waals surface area contributed by atoms with E-state index >= 15 is 0 Å². The van der Waals surface area contributed by atoms with Gasteiger partial charge in [-0.3, -0.25) is 0 Å². The average molecular weight is 556 g/mol. The van der Waals surface area contributed by atoms with Gasteiger partial charge in [0.15, 0.2) is 0 Å². The van der Waals surface area contributed by atoms with Crippen molar-refractivity contribution in [1.29, 1.82) is 5.26 Å². The molecule has 0 aliphatic carbocycles. The van der Waals surface area contributed by atoms with Crippen molar-refractivity contribution < 1.29 is 23.1 Å². The molecular formula is C26H33N7O5S. The standard InChI is InChI=1S/C26H33N7O5S/c1-18-6-3-4-8-23(18)39(36,37)32-15-21-22(16-32)28-25(38-17-20-7-5-11-30(20)2)29-24(21)31-12-13-33(26(34)35)19(14-31)9-10-27/h3-4,6,8,19-20H,5,7,9,11-17H2,1-2H3,(H,34,35)/t19-,20-/m0/s1. The quantitative estimate of drug-likeness (QED) is 0.539. The number of fused-ring (bicyclic) bond motifs is 1. The predicted molar refractivity (Wildman–Crippen MR) is 142 cm³/mol. The van der Waals surface area contributed by atoms with E-state index in [0.717, 1.165) is 19.4 Å². The third-order valence-corrected chi connectivity index (χ3v) is 9.81. The van der Waals surface area contributed by atoms with Gasteiger partial charge in [-0.05, 0) is 45.0 Å². The van der Waals surface area contributed by atoms with Crippen LogP contribution in [-0.2, 0) is 23.1 Å². The van der Waals surface area contributed by atoms with Crippen LogP contribution in [0, 0.1) is 18.3 Å². The second-order valence-corrected chi connectivity index (χ2v) is 12.2. The number of anilines is 1. The van der Waals surface area contributed by atoms with Gasteiger partial charge in [0.05, 0.1) is 35.7 Å². The number of hydrogen-bond donors (Lipinski definition) is 1. The average Bonchev–Trinajstić information content (AvgIpc) is 3.53. The molecule has 0 radical (unpaired) electrons. The van der Waals surface area contributed by atoms with E-state index in [-0.39, 0.29) is 49.5 Å². The zero-order valence-electron chi connectivity index (χ0n) is 22.2. The van der Waals surface area contributed by atoms with Crippen LogP contribution in [0.25, 0.3) is 0 Å². The molecule has 208 valence electrons. The first-order valence-corrected chi connectivity index (χ1v) is 14.5. The molecular weight excluding hydrogens is 522 g/mol. The number of hydrogen-bond acceptors (Lipinski definition) is 9. The largest absolute Gasteiger partial charge is 0.465 e. The smallest absolute Gasteiger partial charge is 0.407 e. The lowest BCUT2D eigenvalue weighted by Crippen LogP contribution is -2.55. The number of amides is 1. The summed E-state index contributed by atoms with van der Waals surface area (Å²) in [7, 11) is -1.74. The molecule has 2 atom stereocenters. The summed E-state index contributed by atoms with van der Waals surface area (Å²) in [6.07, 6.45) is 1.09. The maximum Gasteiger partial charge on any atom is 0.407 e. The molecule has 2 fully saturated rings. The highest BCUT2D eigenvalue weighted by Crippen LogP contribution is 2.36. The van der Waals surface area contributed by atoms with Crippen molar-refractivity contribution in [1.82, 2.24) is 24.1 Å². The van der Waals surface area contributed by atoms with E-state index in [0.29, 0.717) is 35.8 Å². The molecule has 1 aromatic heterocycles. The fourth-order valence-corrected chi connectivity index (χ4v) is 7.20. The summed E-state index contributed by atoms with van der Waals surface area (Å²) in [6.45, 7) is 4.19. The number of piperazine rings is 1. The molecule has 2 aromatic rings. The number of aromatic nitrogens is 2. The van der Waals surface area contributed by atoms with Gasteiger partial charge in [-0.1, -0.05) is 18.2 Å². The molecule has 4 heterocycles. The van der Waals surface area contributed by atoms with Crippen LogP contribution in [0.15, 0.2) is 29.2 Å². The molecule has 12 nitrogen and oxygen atoms in total. The monoisotopic (exact) mass is 555 g/mol. The van der Waals surface area contributed by atoms with Crippen LogP contribution < -0.4 is 9.64 Å². The molecule has 0 unspecified atom stereocenters. The van der Waals surface area contributed by atoms with Crippen LogP contribution in [0.5, 0.6) is 6.01 Å². The molecule has 1 aromatic carbocycles. The number of sulfonamides is 1. The summed E-state index contributed by atoms with van der Waals surface area (Å²) in [5, 5.41) is 18.9. The van der Waals surface area contributed by atoms with Crippen LogP contribution in [0.3, 0.4) is 0 Å². The van der Waals surface area contributed by atoms with E-state index in [1.165, 1.54) is 9.21 Å². The maximum absolute atomic E-state index is 13.6. The topological polar surface area (TPSA) is 143 Å². The number of benzene rings is 1. The maximum atomic E-state index is 13.6. The zero-order valence-corrected chi connectivity index (χ0v) is 23.0. The van der Waals surface area contributed by atoms with Gasteiger partial charge in [-0.25, -0.2) is 13.2 Å². The molecule has 39 heavy (non-hydrogen) atoms. The lowest BCUT2D eigenvalue weighted by Gasteiger charge is -2.40. The van der Waals surface area contributed by atoms with E-state index in [2.05, 4.69) is 23.0 Å². The Kier molecular flexibility index (Phi) is 7.61. The summed E-state index contributed by atoms with van der Waals surface area (Å²) in [4.78, 5) is 26.8. The highest BCUT2D eigenvalue weighted by atomic mass is 32.2. The number of nitrogens with zero attached hydrogens (tertiary/aromatic N) is 7. The van der Waals surface area contributed by atoms with E-state index in [1.807, 2.05) is 4.90 Å². The summed E-state index contributed by atoms with van der Waals surface area (Å²) in [5.74, 6) is 0.533. The van der Waals surface area contributed by atoms with Crippen molar-refractivity contribution in [3.8, 4) is 12.1 Å². The zero-order chi connectivity index (χ0) is 27.7. The van der Waals surface area contributed by atoms with Gasteiger partial charge in [0.1, 0.15) is 12.4 Å². The Morgan fingerprint density at radius 3 is 2.67 bits per heavy atom. The second kappa shape index (κ2) is 11.0. The van der Waals surface area contributed by atoms with Crippen molar-refractivity contribution >= 4 is 21.9 Å². The van der Waals surface area contributed by atoms with E-state index < -0.39 is 22.2 Å². The second-order valence-electron chi connectivity index (χ2n) is 10.3. The summed E-state index contributed by atoms with van der Waals surface area (Å²) < 4.78 is 34.7. The minimum Gasteiger partial charge on any atom is -0.465 e. The Morgan fingerprint density at radius 1 is 1.18 bits per heavy atom. The fourth-order valence-electron chi connectivity index (χ4n) is 5.61. The first kappa shape index (κ1) is 27.1. The SMILES string of the molecule is Cc1ccccc1S(=O)(=O)N1Cc2nc(OC[C@@H]3CCCN3C)nc(N3CCN(C(=O)O)[C@@H](CC#N)C3)c2C1. The first-order chi connectivity index (χ1) is 18.7. The molecule has 0 bridgehead atoms. The highest BCUT2D eigenvalue weighted by molar-refractivity contribution is 7.89. The molecule has 3 aliphatic heterocycles. The molecule has 5 rings (SSSR count). The highest BCUT2D eigenvalue weighted by Gasteiger charge is 2.38. The summed E-state index contributed by atoms with van der Waals surface area (Å²) >= 11 is 0. The van der Waals surface area contributed by atoms with Crippen LogP contribution in [0.1, 0.15) is 36.1 Å². The van der Waals surface area contributed by atoms with E-state index in [4.69, 9.17) is 9.72 Å². The lowest BCUT2D eigenvalue weighted by molar-refractivity contribution is 0.119. The molecule has 1 amide bonds. The third-order valence-electron chi connectivity index (χ3n) is 7.85. The Morgan fingerprint density at radius 2 is 1.97 bits per heavy atom. The molecule has 1 N–H and O–H groups in total. The Balaban J connectivity index is 1.47. The van der Waals surface area contributed by atoms with Gasteiger partial charge in [0, 0.05) is 37.8 Å². The van der Waals surface area contributed by atoms with Crippen LogP contribution in [-0.4, -0.2) is 95.6 Å². The Hall–Kier alpha value is -3.47. The molecule has 3 aliphatic rings. The Labute approximate surface area is 228 Å². The van der Waals surface area contributed by atoms with Gasteiger partial charge < -0.3 is 24.5 Å². The molecule has 0 spiro atoms. The number of aryl methyl sites for hydroxylation is 1. The number of carbonyl (C=O) groups is 1. The number of rotatable bonds is 7. The lowest BCUT2D eigenvalue weighted by atomic mass is 10.1. The number of carboxylic acid groups (broad SMARTS) is 1. The fraction of sp³-hybridized carbons (Fsp3) is 0.538. The molecule has 13 heteroatoms. The van der Waals surface area contributed by atoms with Crippen LogP contribution in [0.4, 0.5) is 10.6 Å².